The first-order valence-corrected chi connectivity index (χ1v) is 15.8. The van der Waals surface area contributed by atoms with Gasteiger partial charge in [0, 0.05) is 49.8 Å². The maximum Gasteiger partial charge on any atom is 0.341 e. The van der Waals surface area contributed by atoms with Crippen LogP contribution >= 0.6 is 12.2 Å². The number of pyridine rings is 1. The molecule has 2 atom stereocenters. The van der Waals surface area contributed by atoms with Gasteiger partial charge in [0.15, 0.2) is 17.3 Å². The number of aromatic nitrogens is 2. The Morgan fingerprint density at radius 1 is 1.17 bits per heavy atom. The molecule has 0 amide bonds. The van der Waals surface area contributed by atoms with Gasteiger partial charge in [0.25, 0.3) is 0 Å². The number of fused-ring (bicyclic) bond motifs is 3. The van der Waals surface area contributed by atoms with Gasteiger partial charge in [0.1, 0.15) is 11.3 Å². The summed E-state index contributed by atoms with van der Waals surface area (Å²) in [6.07, 6.45) is 5.03. The van der Waals surface area contributed by atoms with E-state index in [1.165, 1.54) is 19.4 Å². The molecule has 1 aliphatic carbocycles. The van der Waals surface area contributed by atoms with Crippen LogP contribution in [0, 0.1) is 11.7 Å². The molecule has 4 aromatic rings. The monoisotopic (exact) mass is 647 g/mol. The third-order valence-corrected chi connectivity index (χ3v) is 9.64. The molecule has 240 valence electrons. The molecule has 46 heavy (non-hydrogen) atoms. The summed E-state index contributed by atoms with van der Waals surface area (Å²) in [6, 6.07) is 8.88. The molecule has 4 N–H and O–H groups in total. The van der Waals surface area contributed by atoms with Crippen LogP contribution in [0.2, 0.25) is 0 Å². The number of anilines is 1. The second kappa shape index (κ2) is 11.7. The number of aromatic carboxylic acids is 1. The third-order valence-electron chi connectivity index (χ3n) is 9.56. The Morgan fingerprint density at radius 3 is 2.67 bits per heavy atom. The van der Waals surface area contributed by atoms with Crippen molar-refractivity contribution in [2.75, 3.05) is 38.2 Å². The van der Waals surface area contributed by atoms with Crippen molar-refractivity contribution in [2.24, 2.45) is 21.9 Å². The highest BCUT2D eigenvalue weighted by Crippen LogP contribution is 2.46. The summed E-state index contributed by atoms with van der Waals surface area (Å²) in [4.78, 5) is 29.4. The summed E-state index contributed by atoms with van der Waals surface area (Å²) in [5.41, 5.74) is 6.26. The molecular formula is C32H34FN7O5S. The van der Waals surface area contributed by atoms with Gasteiger partial charge in [-0.1, -0.05) is 18.2 Å². The zero-order valence-electron chi connectivity index (χ0n) is 25.2. The van der Waals surface area contributed by atoms with Crippen LogP contribution < -0.4 is 20.8 Å². The average molecular weight is 648 g/mol. The minimum atomic E-state index is -1.34. The third kappa shape index (κ3) is 5.05. The molecular weight excluding hydrogens is 613 g/mol. The summed E-state index contributed by atoms with van der Waals surface area (Å²) in [5, 5.41) is 29.3. The molecule has 0 radical (unpaired) electrons. The molecule has 1 saturated carbocycles. The molecule has 0 bridgehead atoms. The van der Waals surface area contributed by atoms with E-state index in [9.17, 15) is 19.8 Å². The van der Waals surface area contributed by atoms with Gasteiger partial charge in [-0.25, -0.2) is 9.18 Å². The van der Waals surface area contributed by atoms with Crippen molar-refractivity contribution in [3.8, 4) is 11.6 Å². The summed E-state index contributed by atoms with van der Waals surface area (Å²) < 4.78 is 25.5. The Balaban J connectivity index is 1.20. The molecule has 12 nitrogen and oxygen atoms in total. The van der Waals surface area contributed by atoms with Crippen LogP contribution in [0.15, 0.2) is 51.6 Å². The number of carboxylic acid groups (broad SMARTS) is 1. The lowest BCUT2D eigenvalue weighted by Crippen LogP contribution is -2.46. The van der Waals surface area contributed by atoms with E-state index >= 15 is 4.39 Å². The van der Waals surface area contributed by atoms with Gasteiger partial charge in [-0.3, -0.25) is 9.69 Å². The van der Waals surface area contributed by atoms with E-state index in [1.54, 1.807) is 4.57 Å². The number of ether oxygens (including phenoxy) is 1. The molecule has 4 heterocycles. The number of halogens is 1. The molecule has 2 aliphatic heterocycles. The molecule has 0 spiro atoms. The number of hydrogen-bond donors (Lipinski definition) is 3. The zero-order valence-corrected chi connectivity index (χ0v) is 26.0. The minimum Gasteiger partial charge on any atom is -0.493 e. The number of nitrogens with two attached hydrogens (primary N) is 1. The largest absolute Gasteiger partial charge is 0.493 e. The van der Waals surface area contributed by atoms with Crippen LogP contribution in [-0.2, 0) is 6.54 Å². The Labute approximate surface area is 268 Å². The predicted octanol–water partition coefficient (Wildman–Crippen LogP) is 4.77. The Kier molecular flexibility index (Phi) is 7.64. The van der Waals surface area contributed by atoms with Crippen molar-refractivity contribution >= 4 is 56.5 Å². The number of methoxy groups -OCH3 is 1. The highest BCUT2D eigenvalue weighted by atomic mass is 32.1. The van der Waals surface area contributed by atoms with E-state index in [1.807, 2.05) is 33.7 Å². The van der Waals surface area contributed by atoms with Gasteiger partial charge in [0.2, 0.25) is 16.4 Å². The number of carboxylic acids is 1. The Bertz CT molecular complexity index is 1990. The quantitative estimate of drug-likeness (QED) is 0.182. The number of likely N-dealkylation sites (tertiary alicyclic amines) is 1. The van der Waals surface area contributed by atoms with Crippen molar-refractivity contribution in [1.82, 2.24) is 14.0 Å². The van der Waals surface area contributed by atoms with Crippen LogP contribution in [0.5, 0.6) is 11.6 Å². The number of hydrogen-bond acceptors (Lipinski definition) is 8. The Hall–Kier alpha value is -4.56. The minimum absolute atomic E-state index is 0.00841. The fraction of sp³-hybridized carbons (Fsp3) is 0.406. The SMILES string of the molecule is COc1c(N2C[C@@H]3CCCN(CCn4c(O)c(N=NC(N)=S)c5ccccc54)[C@@H]3C2)c(F)cc2c(=O)c(C(=O)O)cn(C3CC3)c12. The first-order valence-electron chi connectivity index (χ1n) is 15.4. The van der Waals surface area contributed by atoms with E-state index < -0.39 is 17.2 Å². The number of aromatic hydroxyl groups is 1. The lowest BCUT2D eigenvalue weighted by atomic mass is 9.92. The maximum absolute atomic E-state index is 16.0. The lowest BCUT2D eigenvalue weighted by molar-refractivity contribution is 0.0694. The molecule has 2 saturated heterocycles. The number of nitrogens with zero attached hydrogens (tertiary/aromatic N) is 6. The Morgan fingerprint density at radius 2 is 1.96 bits per heavy atom. The summed E-state index contributed by atoms with van der Waals surface area (Å²) in [5.74, 6) is -1.44. The highest BCUT2D eigenvalue weighted by Gasteiger charge is 2.41. The fourth-order valence-electron chi connectivity index (χ4n) is 7.38. The van der Waals surface area contributed by atoms with Crippen molar-refractivity contribution < 1.29 is 24.1 Å². The number of rotatable bonds is 8. The number of benzene rings is 2. The number of piperidine rings is 1. The molecule has 3 aliphatic rings. The predicted molar refractivity (Wildman–Crippen MR) is 175 cm³/mol. The normalized spacial score (nSPS) is 20.2. The summed E-state index contributed by atoms with van der Waals surface area (Å²) in [7, 11) is 1.46. The molecule has 7 rings (SSSR count). The highest BCUT2D eigenvalue weighted by molar-refractivity contribution is 7.80. The van der Waals surface area contributed by atoms with Gasteiger partial charge in [-0.15, -0.1) is 10.2 Å². The molecule has 3 fully saturated rings. The van der Waals surface area contributed by atoms with Crippen molar-refractivity contribution in [3.05, 3.63) is 58.1 Å². The van der Waals surface area contributed by atoms with Crippen molar-refractivity contribution in [3.63, 3.8) is 0 Å². The van der Waals surface area contributed by atoms with Crippen LogP contribution in [0.3, 0.4) is 0 Å². The summed E-state index contributed by atoms with van der Waals surface area (Å²) in [6.45, 7) is 3.16. The first kappa shape index (κ1) is 30.1. The average Bonchev–Trinajstić information content (AvgIpc) is 3.72. The van der Waals surface area contributed by atoms with E-state index in [2.05, 4.69) is 15.1 Å². The van der Waals surface area contributed by atoms with Gasteiger partial charge >= 0.3 is 5.97 Å². The second-order valence-corrected chi connectivity index (χ2v) is 12.7. The van der Waals surface area contributed by atoms with E-state index in [0.717, 1.165) is 43.1 Å². The molecule has 2 aromatic heterocycles. The fourth-order valence-corrected chi connectivity index (χ4v) is 7.42. The van der Waals surface area contributed by atoms with Gasteiger partial charge in [-0.2, -0.15) is 0 Å². The van der Waals surface area contributed by atoms with Gasteiger partial charge in [-0.05, 0) is 62.5 Å². The number of azo groups is 1. The van der Waals surface area contributed by atoms with Crippen LogP contribution in [-0.4, -0.2) is 74.7 Å². The van der Waals surface area contributed by atoms with Gasteiger partial charge < -0.3 is 34.7 Å². The second-order valence-electron chi connectivity index (χ2n) is 12.2. The molecule has 14 heteroatoms. The number of carbonyl (C=O) groups is 1. The van der Waals surface area contributed by atoms with Crippen LogP contribution in [0.25, 0.3) is 21.8 Å². The van der Waals surface area contributed by atoms with Gasteiger partial charge in [0.05, 0.1) is 23.5 Å². The zero-order chi connectivity index (χ0) is 32.3. The standard InChI is InChI=1S/C32H34FN7O5S/c1-45-29-26-20(28(41)21(31(43)44)15-40(26)18-8-9-18)13-22(33)27(29)38-14-17-5-4-10-37(24(17)16-38)11-12-39-23-7-3-2-6-19(23)25(30(39)42)35-36-32(34)46/h2-3,6-7,13,15,17-18,24,42H,4-5,8-12,14,16H2,1H3,(H2,34,46)(H,43,44)/t17-,24+/m0/s1. The lowest BCUT2D eigenvalue weighted by Gasteiger charge is -2.37. The van der Waals surface area contributed by atoms with E-state index in [-0.39, 0.29) is 45.7 Å². The number of thiocarbonyl (C=S) groups is 1. The van der Waals surface area contributed by atoms with E-state index in [4.69, 9.17) is 22.7 Å². The van der Waals surface area contributed by atoms with E-state index in [0.29, 0.717) is 43.1 Å². The van der Waals surface area contributed by atoms with Crippen LogP contribution in [0.4, 0.5) is 15.8 Å². The van der Waals surface area contributed by atoms with Crippen LogP contribution in [0.1, 0.15) is 42.1 Å². The first-order chi connectivity index (χ1) is 22.2. The molecule has 2 aromatic carbocycles. The molecule has 0 unspecified atom stereocenters. The smallest absolute Gasteiger partial charge is 0.341 e. The summed E-state index contributed by atoms with van der Waals surface area (Å²) >= 11 is 4.83. The topological polar surface area (TPSA) is 151 Å². The van der Waals surface area contributed by atoms with Crippen molar-refractivity contribution in [1.29, 1.82) is 0 Å². The maximum atomic E-state index is 16.0. The van der Waals surface area contributed by atoms with Crippen molar-refractivity contribution in [2.45, 2.75) is 44.3 Å². The number of para-hydroxylation sites is 1.